The number of hydrogen-bond donors (Lipinski definition) is 0. The largest absolute Gasteiger partial charge is 0.464 e. The predicted octanol–water partition coefficient (Wildman–Crippen LogP) is 2.89. The summed E-state index contributed by atoms with van der Waals surface area (Å²) in [7, 11) is 0. The van der Waals surface area contributed by atoms with E-state index in [1.54, 1.807) is 24.9 Å². The van der Waals surface area contributed by atoms with Gasteiger partial charge >= 0.3 is 0 Å². The zero-order valence-corrected chi connectivity index (χ0v) is 7.92. The van der Waals surface area contributed by atoms with Gasteiger partial charge in [0, 0.05) is 23.3 Å². The van der Waals surface area contributed by atoms with Gasteiger partial charge in [-0.25, -0.2) is 0 Å². The summed E-state index contributed by atoms with van der Waals surface area (Å²) in [5.41, 5.74) is 2.82. The van der Waals surface area contributed by atoms with Crippen LogP contribution < -0.4 is 0 Å². The Bertz CT molecular complexity index is 587. The Balaban J connectivity index is 2.19. The Morgan fingerprint density at radius 2 is 2.07 bits per heavy atom. The maximum Gasteiger partial charge on any atom is 0.133 e. The van der Waals surface area contributed by atoms with Gasteiger partial charge in [-0.3, -0.25) is 9.97 Å². The first kappa shape index (κ1) is 8.17. The summed E-state index contributed by atoms with van der Waals surface area (Å²) >= 11 is 0. The fourth-order valence-electron chi connectivity index (χ4n) is 1.57. The second kappa shape index (κ2) is 3.20. The number of rotatable bonds is 1. The van der Waals surface area contributed by atoms with Gasteiger partial charge in [0.25, 0.3) is 0 Å². The number of aromatic nitrogens is 2. The molecule has 0 N–H and O–H groups in total. The monoisotopic (exact) mass is 196 g/mol. The van der Waals surface area contributed by atoms with E-state index in [0.717, 1.165) is 22.2 Å². The average Bonchev–Trinajstić information content (AvgIpc) is 2.77. The Labute approximate surface area is 86.4 Å². The molecular weight excluding hydrogens is 188 g/mol. The minimum atomic E-state index is 0.876. The number of furan rings is 1. The van der Waals surface area contributed by atoms with Gasteiger partial charge in [-0.1, -0.05) is 0 Å². The maximum absolute atomic E-state index is 5.27. The standard InChI is InChI=1S/C12H8N2O/c1-2-12-10(3-6-15-12)7-9(1)11-8-13-4-5-14-11/h1-8H. The van der Waals surface area contributed by atoms with Crippen LogP contribution in [-0.2, 0) is 0 Å². The van der Waals surface area contributed by atoms with Crippen LogP contribution in [0.5, 0.6) is 0 Å². The lowest BCUT2D eigenvalue weighted by Gasteiger charge is -1.98. The van der Waals surface area contributed by atoms with Crippen molar-refractivity contribution in [2.24, 2.45) is 0 Å². The average molecular weight is 196 g/mol. The molecule has 0 aliphatic carbocycles. The highest BCUT2D eigenvalue weighted by Gasteiger charge is 2.01. The lowest BCUT2D eigenvalue weighted by Crippen LogP contribution is -1.83. The van der Waals surface area contributed by atoms with E-state index in [9.17, 15) is 0 Å². The molecule has 0 radical (unpaired) electrons. The van der Waals surface area contributed by atoms with Crippen molar-refractivity contribution in [2.45, 2.75) is 0 Å². The summed E-state index contributed by atoms with van der Waals surface area (Å²) in [5.74, 6) is 0. The van der Waals surface area contributed by atoms with Gasteiger partial charge in [0.1, 0.15) is 5.58 Å². The second-order valence-electron chi connectivity index (χ2n) is 3.26. The van der Waals surface area contributed by atoms with Crippen molar-refractivity contribution in [3.05, 3.63) is 49.1 Å². The first-order valence-corrected chi connectivity index (χ1v) is 4.67. The van der Waals surface area contributed by atoms with Crippen LogP contribution >= 0.6 is 0 Å². The summed E-state index contributed by atoms with van der Waals surface area (Å²) in [6, 6.07) is 7.91. The summed E-state index contributed by atoms with van der Waals surface area (Å²) in [6.07, 6.45) is 6.79. The number of fused-ring (bicyclic) bond motifs is 1. The quantitative estimate of drug-likeness (QED) is 0.600. The third kappa shape index (κ3) is 1.38. The van der Waals surface area contributed by atoms with Crippen molar-refractivity contribution in [1.29, 1.82) is 0 Å². The van der Waals surface area contributed by atoms with Gasteiger partial charge in [-0.15, -0.1) is 0 Å². The van der Waals surface area contributed by atoms with E-state index in [4.69, 9.17) is 4.42 Å². The molecule has 1 aromatic carbocycles. The van der Waals surface area contributed by atoms with Gasteiger partial charge in [-0.05, 0) is 24.3 Å². The molecule has 0 fully saturated rings. The first-order chi connectivity index (χ1) is 7.43. The molecule has 3 heteroatoms. The molecule has 0 atom stereocenters. The third-order valence-corrected chi connectivity index (χ3v) is 2.31. The van der Waals surface area contributed by atoms with Crippen LogP contribution in [0.2, 0.25) is 0 Å². The fourth-order valence-corrected chi connectivity index (χ4v) is 1.57. The molecule has 0 unspecified atom stereocenters. The van der Waals surface area contributed by atoms with E-state index < -0.39 is 0 Å². The second-order valence-corrected chi connectivity index (χ2v) is 3.26. The highest BCUT2D eigenvalue weighted by Crippen LogP contribution is 2.22. The zero-order chi connectivity index (χ0) is 10.1. The van der Waals surface area contributed by atoms with Crippen molar-refractivity contribution in [3.8, 4) is 11.3 Å². The van der Waals surface area contributed by atoms with Crippen LogP contribution in [0.25, 0.3) is 22.2 Å². The highest BCUT2D eigenvalue weighted by atomic mass is 16.3. The fraction of sp³-hybridized carbons (Fsp3) is 0. The van der Waals surface area contributed by atoms with E-state index in [-0.39, 0.29) is 0 Å². The van der Waals surface area contributed by atoms with E-state index >= 15 is 0 Å². The molecule has 0 saturated heterocycles. The van der Waals surface area contributed by atoms with Gasteiger partial charge in [-0.2, -0.15) is 0 Å². The summed E-state index contributed by atoms with van der Waals surface area (Å²) < 4.78 is 5.27. The topological polar surface area (TPSA) is 38.9 Å². The zero-order valence-electron chi connectivity index (χ0n) is 7.92. The molecule has 2 heterocycles. The van der Waals surface area contributed by atoms with E-state index in [0.29, 0.717) is 0 Å². The molecule has 3 rings (SSSR count). The van der Waals surface area contributed by atoms with Crippen LogP contribution in [0, 0.1) is 0 Å². The van der Waals surface area contributed by atoms with Gasteiger partial charge in [0.05, 0.1) is 18.2 Å². The third-order valence-electron chi connectivity index (χ3n) is 2.31. The van der Waals surface area contributed by atoms with Gasteiger partial charge in [0.15, 0.2) is 0 Å². The number of nitrogens with zero attached hydrogens (tertiary/aromatic N) is 2. The molecule has 0 bridgehead atoms. The Hall–Kier alpha value is -2.16. The van der Waals surface area contributed by atoms with Crippen molar-refractivity contribution < 1.29 is 4.42 Å². The molecule has 2 aromatic heterocycles. The summed E-state index contributed by atoms with van der Waals surface area (Å²) in [4.78, 5) is 8.29. The van der Waals surface area contributed by atoms with Crippen molar-refractivity contribution in [1.82, 2.24) is 9.97 Å². The lowest BCUT2D eigenvalue weighted by atomic mass is 10.1. The molecular formula is C12H8N2O. The molecule has 0 aliphatic rings. The first-order valence-electron chi connectivity index (χ1n) is 4.67. The lowest BCUT2D eigenvalue weighted by molar-refractivity contribution is 0.616. The van der Waals surface area contributed by atoms with Crippen molar-refractivity contribution in [3.63, 3.8) is 0 Å². The summed E-state index contributed by atoms with van der Waals surface area (Å²) in [5, 5.41) is 1.08. The minimum Gasteiger partial charge on any atom is -0.464 e. The molecule has 3 nitrogen and oxygen atoms in total. The van der Waals surface area contributed by atoms with E-state index in [1.165, 1.54) is 0 Å². The number of benzene rings is 1. The van der Waals surface area contributed by atoms with Gasteiger partial charge < -0.3 is 4.42 Å². The maximum atomic E-state index is 5.27. The molecule has 72 valence electrons. The summed E-state index contributed by atoms with van der Waals surface area (Å²) in [6.45, 7) is 0. The van der Waals surface area contributed by atoms with E-state index in [2.05, 4.69) is 9.97 Å². The van der Waals surface area contributed by atoms with Crippen LogP contribution in [0.1, 0.15) is 0 Å². The van der Waals surface area contributed by atoms with Crippen LogP contribution in [0.4, 0.5) is 0 Å². The highest BCUT2D eigenvalue weighted by molar-refractivity contribution is 5.82. The van der Waals surface area contributed by atoms with Crippen LogP contribution in [-0.4, -0.2) is 9.97 Å². The predicted molar refractivity (Wildman–Crippen MR) is 57.2 cm³/mol. The molecule has 0 saturated carbocycles. The SMILES string of the molecule is c1cnc(-c2ccc3occc3c2)cn1. The van der Waals surface area contributed by atoms with Crippen molar-refractivity contribution in [2.75, 3.05) is 0 Å². The minimum absolute atomic E-state index is 0.876. The molecule has 15 heavy (non-hydrogen) atoms. The Kier molecular flexibility index (Phi) is 1.75. The van der Waals surface area contributed by atoms with Crippen LogP contribution in [0.15, 0.2) is 53.5 Å². The van der Waals surface area contributed by atoms with Crippen molar-refractivity contribution >= 4 is 11.0 Å². The molecule has 0 amide bonds. The Morgan fingerprint density at radius 3 is 2.93 bits per heavy atom. The van der Waals surface area contributed by atoms with Crippen LogP contribution in [0.3, 0.4) is 0 Å². The smallest absolute Gasteiger partial charge is 0.133 e. The normalized spacial score (nSPS) is 10.7. The molecule has 0 spiro atoms. The van der Waals surface area contributed by atoms with Gasteiger partial charge in [0.2, 0.25) is 0 Å². The Morgan fingerprint density at radius 1 is 1.07 bits per heavy atom. The number of hydrogen-bond acceptors (Lipinski definition) is 3. The molecule has 3 aromatic rings. The molecule has 0 aliphatic heterocycles. The van der Waals surface area contributed by atoms with E-state index in [1.807, 2.05) is 24.3 Å².